The Bertz CT molecular complexity index is 1480. The van der Waals surface area contributed by atoms with Crippen LogP contribution in [0.25, 0.3) is 6.08 Å². The smallest absolute Gasteiger partial charge is 0.251 e. The van der Waals surface area contributed by atoms with Crippen molar-refractivity contribution in [3.05, 3.63) is 82.0 Å². The standard InChI is InChI=1S/C27H27FN2O5S/c1-27(2,3)25-15-21(30-35-25)14-22(31)9-16-5-7-20(8-6-16)29-26(32)18-10-17-11-19(28)13-24(23(17)12-18)36(4,33)34/h5-8,10-11,13,15H,9,12,14H2,1-4H3,(H,29,32). The number of sulfone groups is 1. The van der Waals surface area contributed by atoms with E-state index in [9.17, 15) is 22.4 Å². The van der Waals surface area contributed by atoms with E-state index in [0.29, 0.717) is 28.1 Å². The maximum Gasteiger partial charge on any atom is 0.251 e. The number of nitrogens with zero attached hydrogens (tertiary/aromatic N) is 1. The van der Waals surface area contributed by atoms with Crippen LogP contribution < -0.4 is 5.32 Å². The lowest BCUT2D eigenvalue weighted by Gasteiger charge is -2.12. The molecule has 1 aliphatic rings. The van der Waals surface area contributed by atoms with Crippen LogP contribution in [0.5, 0.6) is 0 Å². The minimum Gasteiger partial charge on any atom is -0.361 e. The molecule has 0 bridgehead atoms. The van der Waals surface area contributed by atoms with Crippen molar-refractivity contribution in [2.24, 2.45) is 0 Å². The molecule has 0 aliphatic heterocycles. The highest BCUT2D eigenvalue weighted by atomic mass is 32.2. The van der Waals surface area contributed by atoms with Crippen LogP contribution in [-0.2, 0) is 44.1 Å². The fourth-order valence-electron chi connectivity index (χ4n) is 4.01. The number of halogens is 1. The second kappa shape index (κ2) is 9.46. The van der Waals surface area contributed by atoms with Gasteiger partial charge in [-0.05, 0) is 47.0 Å². The fraction of sp³-hybridized carbons (Fsp3) is 0.296. The monoisotopic (exact) mass is 510 g/mol. The third kappa shape index (κ3) is 5.79. The van der Waals surface area contributed by atoms with E-state index in [1.807, 2.05) is 20.8 Å². The molecule has 0 fully saturated rings. The van der Waals surface area contributed by atoms with Gasteiger partial charge >= 0.3 is 0 Å². The molecule has 2 aromatic carbocycles. The number of ketones is 1. The predicted octanol–water partition coefficient (Wildman–Crippen LogP) is 4.45. The highest BCUT2D eigenvalue weighted by molar-refractivity contribution is 7.90. The lowest BCUT2D eigenvalue weighted by Crippen LogP contribution is -2.15. The van der Waals surface area contributed by atoms with E-state index in [1.54, 1.807) is 30.3 Å². The average Bonchev–Trinajstić information content (AvgIpc) is 3.40. The number of carbonyl (C=O) groups excluding carboxylic acids is 2. The van der Waals surface area contributed by atoms with Crippen LogP contribution in [-0.4, -0.2) is 31.5 Å². The maximum absolute atomic E-state index is 13.9. The van der Waals surface area contributed by atoms with Crippen LogP contribution in [0, 0.1) is 5.82 Å². The van der Waals surface area contributed by atoms with Gasteiger partial charge in [-0.1, -0.05) is 38.1 Å². The molecule has 1 heterocycles. The molecule has 1 aliphatic carbocycles. The summed E-state index contributed by atoms with van der Waals surface area (Å²) in [6.07, 6.45) is 3.00. The van der Waals surface area contributed by atoms with Crippen molar-refractivity contribution >= 4 is 33.3 Å². The minimum atomic E-state index is -3.64. The highest BCUT2D eigenvalue weighted by Gasteiger charge is 2.26. The number of hydrogen-bond acceptors (Lipinski definition) is 6. The summed E-state index contributed by atoms with van der Waals surface area (Å²) in [5.74, 6) is -0.363. The Labute approximate surface area is 209 Å². The Hall–Kier alpha value is -3.59. The van der Waals surface area contributed by atoms with Crippen LogP contribution in [0.2, 0.25) is 0 Å². The van der Waals surface area contributed by atoms with Crippen LogP contribution in [0.3, 0.4) is 0 Å². The molecule has 1 amide bonds. The maximum atomic E-state index is 13.9. The summed E-state index contributed by atoms with van der Waals surface area (Å²) in [5, 5.41) is 6.76. The number of Topliss-reactive ketones (excluding diaryl/α,β-unsaturated/α-hetero) is 1. The summed E-state index contributed by atoms with van der Waals surface area (Å²) in [5.41, 5.74) is 2.86. The van der Waals surface area contributed by atoms with Crippen LogP contribution in [0.15, 0.2) is 57.5 Å². The quantitative estimate of drug-likeness (QED) is 0.504. The summed E-state index contributed by atoms with van der Waals surface area (Å²) in [7, 11) is -3.64. The molecule has 7 nitrogen and oxygen atoms in total. The molecule has 0 saturated carbocycles. The van der Waals surface area contributed by atoms with Gasteiger partial charge in [0.15, 0.2) is 9.84 Å². The van der Waals surface area contributed by atoms with Gasteiger partial charge in [0, 0.05) is 41.8 Å². The molecule has 0 radical (unpaired) electrons. The molecule has 4 rings (SSSR count). The first-order valence-corrected chi connectivity index (χ1v) is 13.3. The normalized spacial score (nSPS) is 13.3. The average molecular weight is 511 g/mol. The highest BCUT2D eigenvalue weighted by Crippen LogP contribution is 2.32. The molecule has 0 spiro atoms. The van der Waals surface area contributed by atoms with Gasteiger partial charge in [0.25, 0.3) is 5.91 Å². The van der Waals surface area contributed by atoms with Gasteiger partial charge in [-0.2, -0.15) is 0 Å². The number of fused-ring (bicyclic) bond motifs is 1. The molecule has 36 heavy (non-hydrogen) atoms. The van der Waals surface area contributed by atoms with Crippen LogP contribution in [0.4, 0.5) is 10.1 Å². The summed E-state index contributed by atoms with van der Waals surface area (Å²) in [4.78, 5) is 25.1. The molecule has 188 valence electrons. The number of hydrogen-bond donors (Lipinski definition) is 1. The van der Waals surface area contributed by atoms with Crippen molar-refractivity contribution in [3.8, 4) is 0 Å². The van der Waals surface area contributed by atoms with Crippen molar-refractivity contribution in [2.45, 2.75) is 50.3 Å². The van der Waals surface area contributed by atoms with Crippen molar-refractivity contribution in [2.75, 3.05) is 11.6 Å². The van der Waals surface area contributed by atoms with Crippen LogP contribution in [0.1, 0.15) is 48.9 Å². The summed E-state index contributed by atoms with van der Waals surface area (Å²) in [6.45, 7) is 6.02. The molecule has 1 N–H and O–H groups in total. The molecule has 0 unspecified atom stereocenters. The molecule has 0 atom stereocenters. The second-order valence-corrected chi connectivity index (χ2v) is 12.1. The first-order valence-electron chi connectivity index (χ1n) is 11.4. The number of amides is 1. The number of nitrogens with one attached hydrogen (secondary N) is 1. The van der Waals surface area contributed by atoms with Gasteiger partial charge < -0.3 is 9.84 Å². The summed E-state index contributed by atoms with van der Waals surface area (Å²) in [6, 6.07) is 10.9. The number of rotatable bonds is 7. The van der Waals surface area contributed by atoms with Crippen LogP contribution >= 0.6 is 0 Å². The van der Waals surface area contributed by atoms with E-state index in [1.165, 1.54) is 12.1 Å². The Morgan fingerprint density at radius 1 is 1.08 bits per heavy atom. The molecular weight excluding hydrogens is 483 g/mol. The zero-order chi connectivity index (χ0) is 26.3. The van der Waals surface area contributed by atoms with Crippen molar-refractivity contribution in [3.63, 3.8) is 0 Å². The van der Waals surface area contributed by atoms with Gasteiger partial charge in [-0.15, -0.1) is 0 Å². The lowest BCUT2D eigenvalue weighted by molar-refractivity contribution is -0.118. The minimum absolute atomic E-state index is 0.0108. The third-order valence-corrected chi connectivity index (χ3v) is 7.05. The van der Waals surface area contributed by atoms with E-state index < -0.39 is 21.6 Å². The van der Waals surface area contributed by atoms with Gasteiger partial charge in [0.2, 0.25) is 0 Å². The number of carbonyl (C=O) groups is 2. The molecule has 0 saturated heterocycles. The summed E-state index contributed by atoms with van der Waals surface area (Å²) < 4.78 is 43.3. The van der Waals surface area contributed by atoms with Gasteiger partial charge in [0.05, 0.1) is 17.0 Å². The van der Waals surface area contributed by atoms with E-state index in [4.69, 9.17) is 4.52 Å². The molecule has 9 heteroatoms. The molecule has 1 aromatic heterocycles. The molecular formula is C27H27FN2O5S. The summed E-state index contributed by atoms with van der Waals surface area (Å²) >= 11 is 0. The number of anilines is 1. The first kappa shape index (κ1) is 25.5. The zero-order valence-corrected chi connectivity index (χ0v) is 21.3. The predicted molar refractivity (Wildman–Crippen MR) is 134 cm³/mol. The van der Waals surface area contributed by atoms with Crippen molar-refractivity contribution < 1.29 is 26.9 Å². The van der Waals surface area contributed by atoms with Gasteiger partial charge in [-0.25, -0.2) is 12.8 Å². The van der Waals surface area contributed by atoms with E-state index in [-0.39, 0.29) is 35.4 Å². The molecule has 3 aromatic rings. The number of aromatic nitrogens is 1. The van der Waals surface area contributed by atoms with E-state index >= 15 is 0 Å². The van der Waals surface area contributed by atoms with Gasteiger partial charge in [0.1, 0.15) is 17.4 Å². The topological polar surface area (TPSA) is 106 Å². The lowest BCUT2D eigenvalue weighted by atomic mass is 9.93. The van der Waals surface area contributed by atoms with Gasteiger partial charge in [-0.3, -0.25) is 9.59 Å². The Morgan fingerprint density at radius 2 is 1.78 bits per heavy atom. The zero-order valence-electron chi connectivity index (χ0n) is 20.5. The second-order valence-electron chi connectivity index (χ2n) is 10.1. The SMILES string of the molecule is CC(C)(C)c1cc(CC(=O)Cc2ccc(NC(=O)C3=Cc4cc(F)cc(S(C)(=O)=O)c4C3)cc2)no1. The van der Waals surface area contributed by atoms with Crippen molar-refractivity contribution in [1.82, 2.24) is 5.16 Å². The Morgan fingerprint density at radius 3 is 2.39 bits per heavy atom. The van der Waals surface area contributed by atoms with E-state index in [2.05, 4.69) is 10.5 Å². The Kier molecular flexibility index (Phi) is 6.70. The fourth-order valence-corrected chi connectivity index (χ4v) is 4.98. The first-order chi connectivity index (χ1) is 16.8. The third-order valence-electron chi connectivity index (χ3n) is 5.89. The largest absolute Gasteiger partial charge is 0.361 e. The number of benzene rings is 2. The Balaban J connectivity index is 1.37. The van der Waals surface area contributed by atoms with E-state index in [0.717, 1.165) is 23.6 Å². The van der Waals surface area contributed by atoms with Crippen molar-refractivity contribution in [1.29, 1.82) is 0 Å².